The molecule has 10 heavy (non-hydrogen) atoms. The Balaban J connectivity index is 0.000000810. The third kappa shape index (κ3) is 2.42. The van der Waals surface area contributed by atoms with Gasteiger partial charge in [-0.25, -0.2) is 0 Å². The van der Waals surface area contributed by atoms with Gasteiger partial charge in [-0.2, -0.15) is 0 Å². The number of halogens is 1. The first-order valence-electron chi connectivity index (χ1n) is 2.97. The minimum absolute atomic E-state index is 0. The lowest BCUT2D eigenvalue weighted by molar-refractivity contribution is 0.225. The van der Waals surface area contributed by atoms with Crippen LogP contribution in [0, 0.1) is 0 Å². The number of aliphatic hydroxyl groups excluding tert-OH is 1. The van der Waals surface area contributed by atoms with Crippen LogP contribution >= 0.6 is 12.4 Å². The Hall–Kier alpha value is -0.470. The highest BCUT2D eigenvalue weighted by atomic mass is 35.5. The topological polar surface area (TPSA) is 29.5 Å². The number of aliphatic hydroxyl groups is 1. The van der Waals surface area contributed by atoms with Gasteiger partial charge in [-0.15, -0.1) is 12.4 Å². The lowest BCUT2D eigenvalue weighted by Gasteiger charge is -2.09. The maximum Gasteiger partial charge on any atom is 0.106 e. The van der Waals surface area contributed by atoms with Crippen molar-refractivity contribution in [3.05, 3.63) is 24.0 Å². The molecule has 0 spiro atoms. The molecule has 1 rings (SSSR count). The van der Waals surface area contributed by atoms with E-state index < -0.39 is 0 Å². The molecule has 0 saturated heterocycles. The third-order valence-corrected chi connectivity index (χ3v) is 1.25. The average molecular weight is 163 g/mol. The Morgan fingerprint density at radius 1 is 1.70 bits per heavy atom. The first-order chi connectivity index (χ1) is 4.30. The van der Waals surface area contributed by atoms with Gasteiger partial charge >= 0.3 is 0 Å². The maximum atomic E-state index is 9.00. The van der Waals surface area contributed by atoms with Crippen molar-refractivity contribution < 1.29 is 9.84 Å². The van der Waals surface area contributed by atoms with Crippen molar-refractivity contribution in [2.24, 2.45) is 0 Å². The highest BCUT2D eigenvalue weighted by molar-refractivity contribution is 5.85. The van der Waals surface area contributed by atoms with Crippen LogP contribution in [0.2, 0.25) is 0 Å². The fraction of sp³-hybridized carbons (Fsp3) is 0.429. The molecule has 1 atom stereocenters. The fourth-order valence-electron chi connectivity index (χ4n) is 0.704. The molecule has 0 aromatic rings. The lowest BCUT2D eigenvalue weighted by atomic mass is 10.1. The minimum Gasteiger partial charge on any atom is -0.497 e. The summed E-state index contributed by atoms with van der Waals surface area (Å²) in [6.07, 6.45) is 4.87. The van der Waals surface area contributed by atoms with E-state index in [1.165, 1.54) is 0 Å². The van der Waals surface area contributed by atoms with E-state index >= 15 is 0 Å². The lowest BCUT2D eigenvalue weighted by Crippen LogP contribution is -2.05. The number of ether oxygens (including phenoxy) is 1. The summed E-state index contributed by atoms with van der Waals surface area (Å²) in [4.78, 5) is 0. The van der Waals surface area contributed by atoms with E-state index in [4.69, 9.17) is 9.84 Å². The second-order valence-electron chi connectivity index (χ2n) is 2.02. The van der Waals surface area contributed by atoms with Crippen LogP contribution in [0.1, 0.15) is 6.92 Å². The molecular formula is C7H11ClO2. The van der Waals surface area contributed by atoms with Crippen LogP contribution in [-0.2, 0) is 4.74 Å². The van der Waals surface area contributed by atoms with Gasteiger partial charge in [-0.3, -0.25) is 0 Å². The molecule has 0 aromatic carbocycles. The molecule has 1 heterocycles. The third-order valence-electron chi connectivity index (χ3n) is 1.25. The Morgan fingerprint density at radius 2 is 2.40 bits per heavy atom. The summed E-state index contributed by atoms with van der Waals surface area (Å²) in [5.74, 6) is 0. The largest absolute Gasteiger partial charge is 0.497 e. The molecule has 1 aliphatic heterocycles. The molecule has 1 unspecified atom stereocenters. The summed E-state index contributed by atoms with van der Waals surface area (Å²) in [5.41, 5.74) is 0.932. The molecule has 2 nitrogen and oxygen atoms in total. The van der Waals surface area contributed by atoms with Crippen LogP contribution in [0.4, 0.5) is 0 Å². The van der Waals surface area contributed by atoms with Crippen LogP contribution in [0.3, 0.4) is 0 Å². The van der Waals surface area contributed by atoms with Crippen LogP contribution in [-0.4, -0.2) is 17.8 Å². The summed E-state index contributed by atoms with van der Waals surface area (Å²) in [6.45, 7) is 2.32. The van der Waals surface area contributed by atoms with Gasteiger partial charge in [0.2, 0.25) is 0 Å². The van der Waals surface area contributed by atoms with Crippen molar-refractivity contribution in [2.45, 2.75) is 13.0 Å². The second kappa shape index (κ2) is 4.36. The molecule has 0 fully saturated rings. The van der Waals surface area contributed by atoms with Crippen LogP contribution in [0.15, 0.2) is 24.0 Å². The standard InChI is InChI=1S/C7H10O2.ClH/c1-6(8)7-2-4-9-5-3-7;/h2-4,6,8H,5H2,1H3;1H. The summed E-state index contributed by atoms with van der Waals surface area (Å²) in [6, 6.07) is 0. The first kappa shape index (κ1) is 9.53. The first-order valence-corrected chi connectivity index (χ1v) is 2.97. The van der Waals surface area contributed by atoms with Gasteiger partial charge in [-0.1, -0.05) is 0 Å². The molecule has 3 heteroatoms. The van der Waals surface area contributed by atoms with Crippen LogP contribution < -0.4 is 0 Å². The number of hydrogen-bond donors (Lipinski definition) is 1. The van der Waals surface area contributed by atoms with E-state index in [-0.39, 0.29) is 18.5 Å². The van der Waals surface area contributed by atoms with Gasteiger partial charge in [0.25, 0.3) is 0 Å². The molecule has 0 radical (unpaired) electrons. The van der Waals surface area contributed by atoms with E-state index in [1.54, 1.807) is 19.3 Å². The van der Waals surface area contributed by atoms with Gasteiger partial charge in [0, 0.05) is 0 Å². The van der Waals surface area contributed by atoms with Gasteiger partial charge in [0.05, 0.1) is 12.4 Å². The normalized spacial score (nSPS) is 18.4. The maximum absolute atomic E-state index is 9.00. The second-order valence-corrected chi connectivity index (χ2v) is 2.02. The zero-order chi connectivity index (χ0) is 6.69. The molecule has 0 aliphatic carbocycles. The Morgan fingerprint density at radius 3 is 2.70 bits per heavy atom. The highest BCUT2D eigenvalue weighted by Crippen LogP contribution is 2.07. The summed E-state index contributed by atoms with van der Waals surface area (Å²) < 4.78 is 4.88. The Bertz CT molecular complexity index is 150. The van der Waals surface area contributed by atoms with Crippen LogP contribution in [0.5, 0.6) is 0 Å². The molecule has 0 saturated carbocycles. The SMILES string of the molecule is CC(O)C1=CCOC=C1.Cl. The van der Waals surface area contributed by atoms with Crippen molar-refractivity contribution in [3.63, 3.8) is 0 Å². The molecule has 0 aromatic heterocycles. The van der Waals surface area contributed by atoms with Crippen molar-refractivity contribution in [1.82, 2.24) is 0 Å². The molecule has 1 aliphatic rings. The highest BCUT2D eigenvalue weighted by Gasteiger charge is 2.02. The van der Waals surface area contributed by atoms with Gasteiger partial charge < -0.3 is 9.84 Å². The van der Waals surface area contributed by atoms with Gasteiger partial charge in [-0.05, 0) is 24.6 Å². The van der Waals surface area contributed by atoms with Crippen molar-refractivity contribution >= 4 is 12.4 Å². The fourth-order valence-corrected chi connectivity index (χ4v) is 0.704. The minimum atomic E-state index is -0.370. The van der Waals surface area contributed by atoms with E-state index in [1.807, 2.05) is 6.08 Å². The summed E-state index contributed by atoms with van der Waals surface area (Å²) in [7, 11) is 0. The predicted molar refractivity (Wildman–Crippen MR) is 42.1 cm³/mol. The van der Waals surface area contributed by atoms with Crippen molar-refractivity contribution in [2.75, 3.05) is 6.61 Å². The van der Waals surface area contributed by atoms with Crippen molar-refractivity contribution in [1.29, 1.82) is 0 Å². The predicted octanol–water partition coefficient (Wildman–Crippen LogP) is 1.26. The number of hydrogen-bond acceptors (Lipinski definition) is 2. The van der Waals surface area contributed by atoms with E-state index in [9.17, 15) is 0 Å². The average Bonchev–Trinajstić information content (AvgIpc) is 1.90. The molecule has 0 amide bonds. The molecule has 58 valence electrons. The summed E-state index contributed by atoms with van der Waals surface area (Å²) in [5, 5.41) is 9.00. The van der Waals surface area contributed by atoms with E-state index in [0.29, 0.717) is 6.61 Å². The Kier molecular flexibility index (Phi) is 4.16. The number of rotatable bonds is 1. The van der Waals surface area contributed by atoms with E-state index in [0.717, 1.165) is 5.57 Å². The Labute approximate surface area is 66.6 Å². The molecular weight excluding hydrogens is 152 g/mol. The van der Waals surface area contributed by atoms with E-state index in [2.05, 4.69) is 0 Å². The monoisotopic (exact) mass is 162 g/mol. The zero-order valence-corrected chi connectivity index (χ0v) is 6.60. The smallest absolute Gasteiger partial charge is 0.106 e. The summed E-state index contributed by atoms with van der Waals surface area (Å²) >= 11 is 0. The van der Waals surface area contributed by atoms with Gasteiger partial charge in [0.1, 0.15) is 6.61 Å². The van der Waals surface area contributed by atoms with Gasteiger partial charge in [0.15, 0.2) is 0 Å². The zero-order valence-electron chi connectivity index (χ0n) is 5.78. The molecule has 0 bridgehead atoms. The van der Waals surface area contributed by atoms with Crippen molar-refractivity contribution in [3.8, 4) is 0 Å². The quantitative estimate of drug-likeness (QED) is 0.629. The van der Waals surface area contributed by atoms with Crippen LogP contribution in [0.25, 0.3) is 0 Å². The molecule has 1 N–H and O–H groups in total.